The smallest absolute Gasteiger partial charge is 0.272 e. The van der Waals surface area contributed by atoms with Crippen LogP contribution in [0, 0.1) is 0 Å². The molecule has 0 aliphatic carbocycles. The zero-order valence-electron chi connectivity index (χ0n) is 10.9. The summed E-state index contributed by atoms with van der Waals surface area (Å²) in [5, 5.41) is 6.53. The predicted molar refractivity (Wildman–Crippen MR) is 77.6 cm³/mol. The number of hydrogen-bond acceptors (Lipinski definition) is 2. The van der Waals surface area contributed by atoms with Gasteiger partial charge in [-0.25, -0.2) is 0 Å². The Bertz CT molecular complexity index is 592. The molecule has 1 heterocycles. The van der Waals surface area contributed by atoms with E-state index in [1.807, 2.05) is 31.3 Å². The van der Waals surface area contributed by atoms with E-state index in [0.29, 0.717) is 17.3 Å². The highest BCUT2D eigenvalue weighted by Gasteiger charge is 2.12. The molecule has 1 amide bonds. The second-order valence-electron chi connectivity index (χ2n) is 4.30. The first-order valence-electron chi connectivity index (χ1n) is 5.97. The number of benzene rings is 1. The number of para-hydroxylation sites is 1. The largest absolute Gasteiger partial charge is 0.345 e. The molecule has 0 radical (unpaired) electrons. The second kappa shape index (κ2) is 5.91. The number of nitrogens with zero attached hydrogens (tertiary/aromatic N) is 1. The molecule has 0 bridgehead atoms. The zero-order valence-corrected chi connectivity index (χ0v) is 11.7. The lowest BCUT2D eigenvalue weighted by Crippen LogP contribution is -2.17. The molecule has 5 heteroatoms. The van der Waals surface area contributed by atoms with Crippen molar-refractivity contribution >= 4 is 23.2 Å². The standard InChI is InChI=1S/C14H16ClN3O/c1-16-8-10-5-3-4-6-12(10)17-14(19)13-7-11(15)9-18(13)2/h3-7,9,16H,8H2,1-2H3,(H,17,19). The van der Waals surface area contributed by atoms with Gasteiger partial charge in [0, 0.05) is 25.5 Å². The monoisotopic (exact) mass is 277 g/mol. The molecule has 100 valence electrons. The maximum Gasteiger partial charge on any atom is 0.272 e. The molecule has 0 saturated carbocycles. The number of aryl methyl sites for hydroxylation is 1. The third-order valence-corrected chi connectivity index (χ3v) is 3.04. The van der Waals surface area contributed by atoms with Crippen molar-refractivity contribution in [3.8, 4) is 0 Å². The minimum Gasteiger partial charge on any atom is -0.345 e. The van der Waals surface area contributed by atoms with Crippen LogP contribution in [0.4, 0.5) is 5.69 Å². The van der Waals surface area contributed by atoms with Crippen molar-refractivity contribution in [2.24, 2.45) is 7.05 Å². The first kappa shape index (κ1) is 13.6. The van der Waals surface area contributed by atoms with Crippen LogP contribution in [0.25, 0.3) is 0 Å². The SMILES string of the molecule is CNCc1ccccc1NC(=O)c1cc(Cl)cn1C. The van der Waals surface area contributed by atoms with Gasteiger partial charge in [0.05, 0.1) is 5.02 Å². The van der Waals surface area contributed by atoms with Crippen LogP contribution in [-0.4, -0.2) is 17.5 Å². The molecule has 0 aliphatic heterocycles. The lowest BCUT2D eigenvalue weighted by atomic mass is 10.1. The summed E-state index contributed by atoms with van der Waals surface area (Å²) in [6, 6.07) is 9.35. The summed E-state index contributed by atoms with van der Waals surface area (Å²) >= 11 is 5.88. The fourth-order valence-electron chi connectivity index (χ4n) is 1.92. The maximum absolute atomic E-state index is 12.2. The molecule has 0 spiro atoms. The molecule has 4 nitrogen and oxygen atoms in total. The summed E-state index contributed by atoms with van der Waals surface area (Å²) in [5.41, 5.74) is 2.38. The predicted octanol–water partition coefficient (Wildman–Crippen LogP) is 2.65. The molecule has 1 aromatic heterocycles. The molecule has 1 aromatic carbocycles. The van der Waals surface area contributed by atoms with Gasteiger partial charge in [0.2, 0.25) is 0 Å². The topological polar surface area (TPSA) is 46.1 Å². The fourth-order valence-corrected chi connectivity index (χ4v) is 2.17. The highest BCUT2D eigenvalue weighted by atomic mass is 35.5. The lowest BCUT2D eigenvalue weighted by molar-refractivity contribution is 0.101. The summed E-state index contributed by atoms with van der Waals surface area (Å²) in [7, 11) is 3.66. The van der Waals surface area contributed by atoms with E-state index >= 15 is 0 Å². The van der Waals surface area contributed by atoms with E-state index in [9.17, 15) is 4.79 Å². The number of aromatic nitrogens is 1. The Labute approximate surface area is 117 Å². The summed E-state index contributed by atoms with van der Waals surface area (Å²) < 4.78 is 1.71. The van der Waals surface area contributed by atoms with E-state index in [4.69, 9.17) is 11.6 Å². The molecule has 19 heavy (non-hydrogen) atoms. The van der Waals surface area contributed by atoms with Gasteiger partial charge in [0.15, 0.2) is 0 Å². The van der Waals surface area contributed by atoms with Crippen LogP contribution in [0.5, 0.6) is 0 Å². The Morgan fingerprint density at radius 3 is 2.74 bits per heavy atom. The zero-order chi connectivity index (χ0) is 13.8. The minimum atomic E-state index is -0.169. The van der Waals surface area contributed by atoms with Crippen LogP contribution >= 0.6 is 11.6 Å². The Morgan fingerprint density at radius 2 is 2.11 bits per heavy atom. The molecular weight excluding hydrogens is 262 g/mol. The van der Waals surface area contributed by atoms with Gasteiger partial charge in [-0.3, -0.25) is 4.79 Å². The molecule has 0 atom stereocenters. The highest BCUT2D eigenvalue weighted by molar-refractivity contribution is 6.31. The molecule has 2 rings (SSSR count). The highest BCUT2D eigenvalue weighted by Crippen LogP contribution is 2.18. The van der Waals surface area contributed by atoms with Gasteiger partial charge < -0.3 is 15.2 Å². The number of carbonyl (C=O) groups is 1. The summed E-state index contributed by atoms with van der Waals surface area (Å²) in [4.78, 5) is 12.2. The Hall–Kier alpha value is -1.78. The normalized spacial score (nSPS) is 10.5. The molecule has 0 unspecified atom stereocenters. The molecule has 0 saturated heterocycles. The number of carbonyl (C=O) groups excluding carboxylic acids is 1. The fraction of sp³-hybridized carbons (Fsp3) is 0.214. The van der Waals surface area contributed by atoms with E-state index in [-0.39, 0.29) is 5.91 Å². The van der Waals surface area contributed by atoms with Crippen molar-refractivity contribution < 1.29 is 4.79 Å². The van der Waals surface area contributed by atoms with Crippen molar-refractivity contribution in [2.75, 3.05) is 12.4 Å². The minimum absolute atomic E-state index is 0.169. The third kappa shape index (κ3) is 3.16. The van der Waals surface area contributed by atoms with Crippen LogP contribution in [0.15, 0.2) is 36.5 Å². The molecular formula is C14H16ClN3O. The van der Waals surface area contributed by atoms with Crippen molar-refractivity contribution in [3.63, 3.8) is 0 Å². The number of rotatable bonds is 4. The second-order valence-corrected chi connectivity index (χ2v) is 4.73. The van der Waals surface area contributed by atoms with Gasteiger partial charge >= 0.3 is 0 Å². The van der Waals surface area contributed by atoms with E-state index < -0.39 is 0 Å². The van der Waals surface area contributed by atoms with Gasteiger partial charge in [0.1, 0.15) is 5.69 Å². The van der Waals surface area contributed by atoms with Gasteiger partial charge in [-0.1, -0.05) is 29.8 Å². The van der Waals surface area contributed by atoms with E-state index in [1.165, 1.54) is 0 Å². The Morgan fingerprint density at radius 1 is 1.37 bits per heavy atom. The van der Waals surface area contributed by atoms with Crippen molar-refractivity contribution in [2.45, 2.75) is 6.54 Å². The van der Waals surface area contributed by atoms with Crippen molar-refractivity contribution in [1.29, 1.82) is 0 Å². The van der Waals surface area contributed by atoms with E-state index in [0.717, 1.165) is 11.3 Å². The molecule has 0 aliphatic rings. The first-order chi connectivity index (χ1) is 9.11. The van der Waals surface area contributed by atoms with E-state index in [1.54, 1.807) is 23.9 Å². The van der Waals surface area contributed by atoms with Crippen LogP contribution in [0.2, 0.25) is 5.02 Å². The first-order valence-corrected chi connectivity index (χ1v) is 6.35. The van der Waals surface area contributed by atoms with Gasteiger partial charge in [0.25, 0.3) is 5.91 Å². The number of nitrogens with one attached hydrogen (secondary N) is 2. The van der Waals surface area contributed by atoms with Crippen LogP contribution in [0.1, 0.15) is 16.1 Å². The lowest BCUT2D eigenvalue weighted by Gasteiger charge is -2.11. The average Bonchev–Trinajstić information content (AvgIpc) is 2.71. The Kier molecular flexibility index (Phi) is 4.24. The maximum atomic E-state index is 12.2. The van der Waals surface area contributed by atoms with Crippen LogP contribution in [0.3, 0.4) is 0 Å². The summed E-state index contributed by atoms with van der Waals surface area (Å²) in [6.45, 7) is 0.699. The van der Waals surface area contributed by atoms with Crippen molar-refractivity contribution in [1.82, 2.24) is 9.88 Å². The van der Waals surface area contributed by atoms with Crippen LogP contribution in [-0.2, 0) is 13.6 Å². The van der Waals surface area contributed by atoms with Crippen molar-refractivity contribution in [3.05, 3.63) is 52.8 Å². The van der Waals surface area contributed by atoms with Gasteiger partial charge in [-0.15, -0.1) is 0 Å². The molecule has 0 fully saturated rings. The number of amides is 1. The number of halogens is 1. The number of hydrogen-bond donors (Lipinski definition) is 2. The van der Waals surface area contributed by atoms with Gasteiger partial charge in [-0.2, -0.15) is 0 Å². The molecule has 2 aromatic rings. The van der Waals surface area contributed by atoms with Gasteiger partial charge in [-0.05, 0) is 24.7 Å². The summed E-state index contributed by atoms with van der Waals surface area (Å²) in [6.07, 6.45) is 1.70. The van der Waals surface area contributed by atoms with E-state index in [2.05, 4.69) is 10.6 Å². The molecule has 2 N–H and O–H groups in total. The third-order valence-electron chi connectivity index (χ3n) is 2.84. The average molecular weight is 278 g/mol. The Balaban J connectivity index is 2.21. The van der Waals surface area contributed by atoms with Crippen LogP contribution < -0.4 is 10.6 Å². The quantitative estimate of drug-likeness (QED) is 0.902. The number of anilines is 1. The summed E-state index contributed by atoms with van der Waals surface area (Å²) in [5.74, 6) is -0.169.